The normalized spacial score (nSPS) is 9.20. The molecule has 0 radical (unpaired) electrons. The van der Waals surface area contributed by atoms with Gasteiger partial charge in [-0.2, -0.15) is 0 Å². The summed E-state index contributed by atoms with van der Waals surface area (Å²) >= 11 is 11.5. The van der Waals surface area contributed by atoms with Gasteiger partial charge in [-0.1, -0.05) is 32.4 Å². The topological polar surface area (TPSA) is 37.8 Å². The maximum atomic E-state index is 5.82. The van der Waals surface area contributed by atoms with Gasteiger partial charge in [0.15, 0.2) is 0 Å². The Bertz CT molecular complexity index is 303. The van der Waals surface area contributed by atoms with Crippen LogP contribution in [0.25, 0.3) is 0 Å². The average Bonchev–Trinajstić information content (AvgIpc) is 2.24. The van der Waals surface area contributed by atoms with Crippen molar-refractivity contribution in [3.05, 3.63) is 16.0 Å². The van der Waals surface area contributed by atoms with Crippen LogP contribution < -0.4 is 5.32 Å². The van der Waals surface area contributed by atoms with Gasteiger partial charge in [0.2, 0.25) is 5.28 Å². The fourth-order valence-electron chi connectivity index (χ4n) is 0.879. The molecule has 1 N–H and O–H groups in total. The number of nitrogens with one attached hydrogen (secondary N) is 1. The van der Waals surface area contributed by atoms with E-state index in [4.69, 9.17) is 23.2 Å². The number of hydrogen-bond acceptors (Lipinski definition) is 3. The van der Waals surface area contributed by atoms with Gasteiger partial charge in [-0.25, -0.2) is 9.97 Å². The van der Waals surface area contributed by atoms with E-state index >= 15 is 0 Å². The molecule has 0 fully saturated rings. The van der Waals surface area contributed by atoms with Crippen molar-refractivity contribution in [2.24, 2.45) is 0 Å². The van der Waals surface area contributed by atoms with Gasteiger partial charge < -0.3 is 5.32 Å². The maximum absolute atomic E-state index is 5.82. The van der Waals surface area contributed by atoms with E-state index in [0.717, 1.165) is 18.5 Å². The minimum Gasteiger partial charge on any atom is -0.370 e. The molecule has 0 bridgehead atoms. The second-order valence-corrected chi connectivity index (χ2v) is 3.38. The number of nitrogens with zero attached hydrogens (tertiary/aromatic N) is 2. The molecule has 15 heavy (non-hydrogen) atoms. The lowest BCUT2D eigenvalue weighted by molar-refractivity contribution is 0.959. The van der Waals surface area contributed by atoms with Crippen molar-refractivity contribution in [1.29, 1.82) is 0 Å². The minimum atomic E-state index is 0.175. The quantitative estimate of drug-likeness (QED) is 0.652. The summed E-state index contributed by atoms with van der Waals surface area (Å²) in [5, 5.41) is 3.70. The molecule has 0 aliphatic heterocycles. The lowest BCUT2D eigenvalue weighted by Gasteiger charge is -2.07. The highest BCUT2D eigenvalue weighted by molar-refractivity contribution is 6.32. The summed E-state index contributed by atoms with van der Waals surface area (Å²) in [5.74, 6) is 0.715. The molecule has 0 amide bonds. The van der Waals surface area contributed by atoms with E-state index in [0.29, 0.717) is 11.0 Å². The van der Waals surface area contributed by atoms with Crippen LogP contribution in [0.3, 0.4) is 0 Å². The van der Waals surface area contributed by atoms with Crippen LogP contribution in [0.5, 0.6) is 0 Å². The smallest absolute Gasteiger partial charge is 0.225 e. The van der Waals surface area contributed by atoms with Gasteiger partial charge in [0.05, 0.1) is 0 Å². The monoisotopic (exact) mass is 249 g/mol. The third-order valence-corrected chi connectivity index (χ3v) is 2.14. The van der Waals surface area contributed by atoms with Crippen LogP contribution in [-0.2, 0) is 0 Å². The minimum absolute atomic E-state index is 0.175. The van der Waals surface area contributed by atoms with E-state index in [1.54, 1.807) is 0 Å². The van der Waals surface area contributed by atoms with Crippen LogP contribution in [0.4, 0.5) is 5.82 Å². The third kappa shape index (κ3) is 4.67. The highest BCUT2D eigenvalue weighted by atomic mass is 35.5. The Balaban J connectivity index is 0.000000921. The summed E-state index contributed by atoms with van der Waals surface area (Å²) < 4.78 is 0. The van der Waals surface area contributed by atoms with Crippen molar-refractivity contribution >= 4 is 29.0 Å². The third-order valence-electron chi connectivity index (χ3n) is 1.60. The van der Waals surface area contributed by atoms with Gasteiger partial charge in [0.25, 0.3) is 0 Å². The summed E-state index contributed by atoms with van der Waals surface area (Å²) in [6.45, 7) is 8.79. The molecule has 1 heterocycles. The Hall–Kier alpha value is -0.540. The molecular formula is C10H17Cl2N3. The predicted octanol–water partition coefficient (Wildman–Crippen LogP) is 3.94. The fourth-order valence-corrected chi connectivity index (χ4v) is 1.26. The molecule has 1 rings (SSSR count). The maximum Gasteiger partial charge on any atom is 0.225 e. The van der Waals surface area contributed by atoms with E-state index < -0.39 is 0 Å². The van der Waals surface area contributed by atoms with Crippen molar-refractivity contribution in [3.8, 4) is 0 Å². The predicted molar refractivity (Wildman–Crippen MR) is 66.9 cm³/mol. The number of halogens is 2. The molecule has 0 aromatic carbocycles. The Morgan fingerprint density at radius 3 is 2.33 bits per heavy atom. The molecule has 86 valence electrons. The molecule has 0 saturated carbocycles. The number of aromatic nitrogens is 2. The highest BCUT2D eigenvalue weighted by Gasteiger charge is 2.06. The molecule has 1 aromatic heterocycles. The van der Waals surface area contributed by atoms with Gasteiger partial charge in [-0.05, 0) is 24.9 Å². The Morgan fingerprint density at radius 2 is 1.80 bits per heavy atom. The van der Waals surface area contributed by atoms with Crippen molar-refractivity contribution in [2.45, 2.75) is 34.1 Å². The molecule has 3 nitrogen and oxygen atoms in total. The molecule has 0 aliphatic carbocycles. The van der Waals surface area contributed by atoms with E-state index in [1.807, 2.05) is 20.8 Å². The first-order valence-corrected chi connectivity index (χ1v) is 5.84. The molecule has 0 atom stereocenters. The van der Waals surface area contributed by atoms with E-state index in [2.05, 4.69) is 22.2 Å². The van der Waals surface area contributed by atoms with Crippen LogP contribution in [0.2, 0.25) is 10.4 Å². The van der Waals surface area contributed by atoms with Crippen LogP contribution in [0.15, 0.2) is 0 Å². The van der Waals surface area contributed by atoms with Crippen molar-refractivity contribution < 1.29 is 0 Å². The first-order chi connectivity index (χ1) is 7.15. The van der Waals surface area contributed by atoms with Crippen molar-refractivity contribution in [2.75, 3.05) is 11.9 Å². The molecule has 0 aliphatic rings. The van der Waals surface area contributed by atoms with Crippen molar-refractivity contribution in [1.82, 2.24) is 9.97 Å². The van der Waals surface area contributed by atoms with Crippen LogP contribution >= 0.6 is 23.2 Å². The molecule has 1 aromatic rings. The summed E-state index contributed by atoms with van der Waals surface area (Å²) in [7, 11) is 0. The summed E-state index contributed by atoms with van der Waals surface area (Å²) in [6, 6.07) is 0. The fraction of sp³-hybridized carbons (Fsp3) is 0.600. The van der Waals surface area contributed by atoms with E-state index in [-0.39, 0.29) is 5.28 Å². The largest absolute Gasteiger partial charge is 0.370 e. The Morgan fingerprint density at radius 1 is 1.20 bits per heavy atom. The summed E-state index contributed by atoms with van der Waals surface area (Å²) in [5.41, 5.74) is 0.833. The zero-order valence-corrected chi connectivity index (χ0v) is 11.1. The van der Waals surface area contributed by atoms with Gasteiger partial charge in [0, 0.05) is 12.1 Å². The zero-order chi connectivity index (χ0) is 11.8. The first kappa shape index (κ1) is 14.5. The van der Waals surface area contributed by atoms with Crippen LogP contribution in [0.1, 0.15) is 32.8 Å². The number of rotatable bonds is 3. The SMILES string of the molecule is CC.CCCNc1nc(Cl)nc(Cl)c1C. The van der Waals surface area contributed by atoms with Crippen molar-refractivity contribution in [3.63, 3.8) is 0 Å². The van der Waals surface area contributed by atoms with Gasteiger partial charge in [0.1, 0.15) is 11.0 Å². The lowest BCUT2D eigenvalue weighted by atomic mass is 10.3. The molecular weight excluding hydrogens is 233 g/mol. The van der Waals surface area contributed by atoms with Gasteiger partial charge in [-0.15, -0.1) is 0 Å². The van der Waals surface area contributed by atoms with Gasteiger partial charge >= 0.3 is 0 Å². The molecule has 5 heteroatoms. The number of anilines is 1. The Kier molecular flexibility index (Phi) is 7.44. The second kappa shape index (κ2) is 7.71. The van der Waals surface area contributed by atoms with Crippen LogP contribution in [-0.4, -0.2) is 16.5 Å². The van der Waals surface area contributed by atoms with Crippen LogP contribution in [0, 0.1) is 6.92 Å². The number of hydrogen-bond donors (Lipinski definition) is 1. The molecule has 0 saturated heterocycles. The lowest BCUT2D eigenvalue weighted by Crippen LogP contribution is -2.05. The van der Waals surface area contributed by atoms with Gasteiger partial charge in [-0.3, -0.25) is 0 Å². The summed E-state index contributed by atoms with van der Waals surface area (Å²) in [4.78, 5) is 7.85. The second-order valence-electron chi connectivity index (χ2n) is 2.68. The Labute approximate surface area is 101 Å². The van der Waals surface area contributed by atoms with E-state index in [9.17, 15) is 0 Å². The molecule has 0 unspecified atom stereocenters. The summed E-state index contributed by atoms with van der Waals surface area (Å²) in [6.07, 6.45) is 1.03. The van der Waals surface area contributed by atoms with E-state index in [1.165, 1.54) is 0 Å². The first-order valence-electron chi connectivity index (χ1n) is 5.08. The molecule has 0 spiro atoms. The average molecular weight is 250 g/mol. The zero-order valence-electron chi connectivity index (χ0n) is 9.56. The highest BCUT2D eigenvalue weighted by Crippen LogP contribution is 2.21. The standard InChI is InChI=1S/C8H11Cl2N3.C2H6/c1-3-4-11-7-5(2)6(9)12-8(10)13-7;1-2/h3-4H2,1-2H3,(H,11,12,13);1-2H3.